The third kappa shape index (κ3) is 9.21. The molecule has 0 N–H and O–H groups in total. The molecule has 0 spiro atoms. The maximum atomic E-state index is 9.25. The van der Waals surface area contributed by atoms with Gasteiger partial charge in [-0.15, -0.1) is 0 Å². The van der Waals surface area contributed by atoms with Crippen molar-refractivity contribution < 1.29 is 27.6 Å². The molecule has 12 rings (SSSR count). The molecule has 0 radical (unpaired) electrons. The summed E-state index contributed by atoms with van der Waals surface area (Å²) in [6.45, 7) is 20.4. The van der Waals surface area contributed by atoms with Crippen molar-refractivity contribution in [1.29, 1.82) is 0 Å². The number of hydrogen-bond acceptors (Lipinski definition) is 5. The molecule has 4 heterocycles. The van der Waals surface area contributed by atoms with Crippen LogP contribution in [-0.2, 0) is 16.2 Å². The van der Waals surface area contributed by atoms with Gasteiger partial charge in [0.1, 0.15) is 29.0 Å². The zero-order valence-electron chi connectivity index (χ0n) is 56.5. The van der Waals surface area contributed by atoms with Crippen LogP contribution in [0.2, 0.25) is 0 Å². The van der Waals surface area contributed by atoms with E-state index >= 15 is 0 Å². The number of ether oxygens (including phenoxy) is 1. The summed E-state index contributed by atoms with van der Waals surface area (Å²) < 4.78 is 102. The van der Waals surface area contributed by atoms with E-state index < -0.39 is 71.3 Å². The normalized spacial score (nSPS) is 14.5. The molecule has 392 valence electrons. The molecule has 0 saturated heterocycles. The third-order valence-electron chi connectivity index (χ3n) is 15.6. The Kier molecular flexibility index (Phi) is 10.3. The molecule has 0 saturated carbocycles. The van der Waals surface area contributed by atoms with E-state index in [1.807, 2.05) is 91.1 Å². The van der Waals surface area contributed by atoms with Crippen LogP contribution >= 0.6 is 0 Å². The maximum absolute atomic E-state index is 9.25. The van der Waals surface area contributed by atoms with Crippen LogP contribution in [0.5, 0.6) is 11.5 Å². The van der Waals surface area contributed by atoms with Gasteiger partial charge in [-0.2, -0.15) is 0 Å². The molecule has 0 fully saturated rings. The lowest BCUT2D eigenvalue weighted by molar-refractivity contribution is -0.386. The summed E-state index contributed by atoms with van der Waals surface area (Å²) >= 11 is 0. The number of rotatable bonds is 12. The van der Waals surface area contributed by atoms with Crippen LogP contribution in [0, 0.1) is 20.8 Å². The average Bonchev–Trinajstić information content (AvgIpc) is 1.18. The van der Waals surface area contributed by atoms with Crippen LogP contribution in [-0.4, -0.2) is 39.7 Å². The summed E-state index contributed by atoms with van der Waals surface area (Å²) in [5, 5.41) is 1.89. The van der Waals surface area contributed by atoms with Gasteiger partial charge in [-0.3, -0.25) is 4.57 Å². The lowest BCUT2D eigenvalue weighted by atomic mass is 9.82. The van der Waals surface area contributed by atoms with Crippen LogP contribution in [0.1, 0.15) is 107 Å². The molecular formula is C72H65N7O+2. The minimum Gasteiger partial charge on any atom is -0.456 e. The van der Waals surface area contributed by atoms with E-state index in [2.05, 4.69) is 108 Å². The summed E-state index contributed by atoms with van der Waals surface area (Å²) in [6, 6.07) is 42.5. The van der Waals surface area contributed by atoms with E-state index in [0.29, 0.717) is 56.9 Å². The minimum atomic E-state index is -0.690. The third-order valence-corrected chi connectivity index (χ3v) is 15.6. The van der Waals surface area contributed by atoms with Crippen molar-refractivity contribution in [3.8, 4) is 51.0 Å². The van der Waals surface area contributed by atoms with Gasteiger partial charge in [0.05, 0.1) is 47.5 Å². The molecule has 0 aliphatic carbocycles. The molecule has 8 heteroatoms. The molecule has 0 atom stereocenters. The van der Waals surface area contributed by atoms with Crippen molar-refractivity contribution in [2.45, 2.75) is 85.5 Å². The Morgan fingerprint density at radius 1 is 0.525 bits per heavy atom. The Hall–Kier alpha value is -9.36. The molecule has 80 heavy (non-hydrogen) atoms. The number of aromatic nitrogens is 5. The number of fused-ring (bicyclic) bond motifs is 3. The quantitative estimate of drug-likeness (QED) is 0.114. The lowest BCUT2D eigenvalue weighted by Crippen LogP contribution is -2.29. The van der Waals surface area contributed by atoms with Gasteiger partial charge in [0.15, 0.2) is 5.82 Å². The average molecular weight is 1050 g/mol. The molecule has 0 amide bonds. The highest BCUT2D eigenvalue weighted by molar-refractivity contribution is 6.11. The van der Waals surface area contributed by atoms with E-state index in [1.54, 1.807) is 42.3 Å². The highest BCUT2D eigenvalue weighted by Crippen LogP contribution is 2.47. The smallest absolute Gasteiger partial charge is 0.456 e. The van der Waals surface area contributed by atoms with Gasteiger partial charge in [-0.05, 0) is 129 Å². The Balaban J connectivity index is 1.11. The van der Waals surface area contributed by atoms with Crippen molar-refractivity contribution in [3.05, 3.63) is 258 Å². The predicted octanol–water partition coefficient (Wildman–Crippen LogP) is 17.7. The fourth-order valence-corrected chi connectivity index (χ4v) is 10.7. The highest BCUT2D eigenvalue weighted by Gasteiger charge is 2.35. The molecule has 1 aliphatic heterocycles. The number of pyridine rings is 1. The van der Waals surface area contributed by atoms with Gasteiger partial charge in [0, 0.05) is 39.9 Å². The zero-order valence-corrected chi connectivity index (χ0v) is 46.5. The maximum Gasteiger partial charge on any atom is 0.501 e. The second-order valence-corrected chi connectivity index (χ2v) is 22.4. The topological polar surface area (TPSA) is 71.7 Å². The minimum absolute atomic E-state index is 0.122. The summed E-state index contributed by atoms with van der Waals surface area (Å²) in [5.41, 5.74) is 6.62. The van der Waals surface area contributed by atoms with Gasteiger partial charge in [-0.1, -0.05) is 175 Å². The first-order chi connectivity index (χ1) is 42.7. The monoisotopic (exact) mass is 1050 g/mol. The van der Waals surface area contributed by atoms with Crippen molar-refractivity contribution in [2.75, 3.05) is 0 Å². The first kappa shape index (κ1) is 40.8. The van der Waals surface area contributed by atoms with Gasteiger partial charge in [0.25, 0.3) is 12.4 Å². The molecule has 0 unspecified atom stereocenters. The van der Waals surface area contributed by atoms with Crippen LogP contribution < -0.4 is 4.74 Å². The Labute approximate surface area is 483 Å². The molecule has 11 aromatic rings. The van der Waals surface area contributed by atoms with E-state index in [9.17, 15) is 5.48 Å². The predicted molar refractivity (Wildman–Crippen MR) is 325 cm³/mol. The highest BCUT2D eigenvalue weighted by atomic mass is 16.5. The molecule has 0 bridgehead atoms. The van der Waals surface area contributed by atoms with Gasteiger partial charge in [-0.25, -0.2) is 19.9 Å². The number of benzene rings is 8. The van der Waals surface area contributed by atoms with E-state index in [4.69, 9.17) is 32.9 Å². The number of hydrogen-bond donors (Lipinski definition) is 0. The van der Waals surface area contributed by atoms with Crippen LogP contribution in [0.25, 0.3) is 61.3 Å². The lowest BCUT2D eigenvalue weighted by Gasteiger charge is -2.29. The Morgan fingerprint density at radius 3 is 1.70 bits per heavy atom. The van der Waals surface area contributed by atoms with Crippen molar-refractivity contribution >= 4 is 39.2 Å². The Bertz CT molecular complexity index is 4700. The second-order valence-electron chi connectivity index (χ2n) is 22.4. The van der Waals surface area contributed by atoms with Crippen LogP contribution in [0.3, 0.4) is 0 Å². The molecule has 8 nitrogen and oxygen atoms in total. The van der Waals surface area contributed by atoms with Crippen molar-refractivity contribution in [3.63, 3.8) is 0 Å². The standard InChI is InChI=1S/C72H65N7O/c1-47-48(2)64(50-26-15-11-16-27-50)66(65(49(47)3)51-28-17-12-18-29-51)78-41-40-77(46-78)55-34-25-35-56(43-55)80-62-45-61-58(57-36-23-24-37-60(57)79(61)63-42-54(38-39-73-63)70(4,5)6)44-59(62)67-74-68(71(7,8)52-30-19-13-20-31-52)76-69(75-67)72(9,10)53-32-21-14-22-33-53/h11-45H,1-10H3/q+2/i11D,12D,15D,16D,17D,18D,26D,27D,28D,29D. The molecule has 1 aliphatic rings. The fourth-order valence-electron chi connectivity index (χ4n) is 10.7. The first-order valence-corrected chi connectivity index (χ1v) is 26.7. The largest absolute Gasteiger partial charge is 0.501 e. The van der Waals surface area contributed by atoms with Gasteiger partial charge >= 0.3 is 6.01 Å². The summed E-state index contributed by atoms with van der Waals surface area (Å²) in [4.78, 5) is 21.2. The molecule has 3 aromatic heterocycles. The zero-order chi connectivity index (χ0) is 64.2. The fraction of sp³-hybridized carbons (Fsp3) is 0.181. The molecular weight excluding hydrogens is 979 g/mol. The number of nitrogens with zero attached hydrogens (tertiary/aromatic N) is 7. The van der Waals surface area contributed by atoms with E-state index in [1.165, 1.54) is 0 Å². The first-order valence-electron chi connectivity index (χ1n) is 31.7. The number of para-hydroxylation sites is 1. The Morgan fingerprint density at radius 2 is 1.10 bits per heavy atom. The van der Waals surface area contributed by atoms with Gasteiger partial charge < -0.3 is 4.74 Å². The van der Waals surface area contributed by atoms with Gasteiger partial charge in [0.2, 0.25) is 11.4 Å². The summed E-state index contributed by atoms with van der Waals surface area (Å²) in [7, 11) is 0. The SMILES string of the molecule is [2H]c1c([2H])c([2H])c(-c2c(C)c(C)c(C)c(-c3c([2H])c([2H])c([2H])c([2H])c3[2H])c2[N+]2=C=[N+](c3cccc(Oc4cc5c(cc4-c4nc(C(C)(C)c6ccccc6)nc(C(C)(C)c6ccccc6)n4)c4ccccc4n5-c4cc(C(C)(C)C)ccn4)c3)C=C2)c([2H])c1[2H]. The van der Waals surface area contributed by atoms with Crippen LogP contribution in [0.4, 0.5) is 11.4 Å². The summed E-state index contributed by atoms with van der Waals surface area (Å²) in [6.07, 6.45) is 5.25. The summed E-state index contributed by atoms with van der Waals surface area (Å²) in [5.74, 6) is 3.11. The molecule has 8 aromatic carbocycles. The van der Waals surface area contributed by atoms with E-state index in [0.717, 1.165) is 44.3 Å². The van der Waals surface area contributed by atoms with Crippen molar-refractivity contribution in [2.24, 2.45) is 0 Å². The van der Waals surface area contributed by atoms with Crippen molar-refractivity contribution in [1.82, 2.24) is 24.5 Å². The second kappa shape index (κ2) is 20.1. The van der Waals surface area contributed by atoms with E-state index in [-0.39, 0.29) is 33.4 Å². The van der Waals surface area contributed by atoms with Crippen LogP contribution in [0.15, 0.2) is 212 Å².